The number of carbonyl (C=O) groups is 1. The van der Waals surface area contributed by atoms with Crippen molar-refractivity contribution in [3.63, 3.8) is 0 Å². The van der Waals surface area contributed by atoms with Crippen molar-refractivity contribution in [1.29, 1.82) is 0 Å². The average molecular weight is 234 g/mol. The number of Topliss-reactive ketones (excluding diaryl/α,β-unsaturated/α-hetero) is 1. The Morgan fingerprint density at radius 1 is 1.24 bits per heavy atom. The van der Waals surface area contributed by atoms with E-state index in [-0.39, 0.29) is 11.2 Å². The molecule has 0 amide bonds. The van der Waals surface area contributed by atoms with Crippen LogP contribution in [0.25, 0.3) is 0 Å². The fraction of sp³-hybridized carbons (Fsp3) is 0.500. The molecule has 1 aromatic carbocycles. The van der Waals surface area contributed by atoms with E-state index >= 15 is 0 Å². The lowest BCUT2D eigenvalue weighted by atomic mass is 9.62. The molecular weight excluding hydrogens is 216 g/mol. The fourth-order valence-electron chi connectivity index (χ4n) is 2.53. The molecule has 0 bridgehead atoms. The largest absolute Gasteiger partial charge is 0.497 e. The highest BCUT2D eigenvalue weighted by atomic mass is 16.5. The van der Waals surface area contributed by atoms with E-state index in [2.05, 4.69) is 0 Å². The summed E-state index contributed by atoms with van der Waals surface area (Å²) in [5.41, 5.74) is 0.623. The van der Waals surface area contributed by atoms with Gasteiger partial charge in [-0.1, -0.05) is 6.42 Å². The third-order valence-corrected chi connectivity index (χ3v) is 3.80. The lowest BCUT2D eigenvalue weighted by Gasteiger charge is -2.40. The third-order valence-electron chi connectivity index (χ3n) is 3.80. The topological polar surface area (TPSA) is 35.5 Å². The monoisotopic (exact) mass is 234 g/mol. The molecule has 2 rings (SSSR count). The molecule has 1 fully saturated rings. The van der Waals surface area contributed by atoms with Gasteiger partial charge in [0.2, 0.25) is 0 Å². The molecule has 0 aromatic heterocycles. The van der Waals surface area contributed by atoms with Gasteiger partial charge in [-0.05, 0) is 38.0 Å². The molecule has 0 aliphatic heterocycles. The second-order valence-electron chi connectivity index (χ2n) is 4.56. The standard InChI is InChI=1S/C14H18O3/c1-10(15)14(7-4-8-14)12-9-11(16-2)5-6-13(12)17-3/h5-6,9H,4,7-8H2,1-3H3. The van der Waals surface area contributed by atoms with Crippen LogP contribution in [0.5, 0.6) is 11.5 Å². The van der Waals surface area contributed by atoms with Crippen LogP contribution in [0, 0.1) is 0 Å². The number of methoxy groups -OCH3 is 2. The van der Waals surface area contributed by atoms with Crippen molar-refractivity contribution in [3.05, 3.63) is 23.8 Å². The van der Waals surface area contributed by atoms with Crippen molar-refractivity contribution >= 4 is 5.78 Å². The Morgan fingerprint density at radius 3 is 2.35 bits per heavy atom. The molecule has 1 aliphatic rings. The first-order valence-corrected chi connectivity index (χ1v) is 5.87. The second-order valence-corrected chi connectivity index (χ2v) is 4.56. The summed E-state index contributed by atoms with van der Waals surface area (Å²) in [6, 6.07) is 5.66. The van der Waals surface area contributed by atoms with E-state index < -0.39 is 0 Å². The Hall–Kier alpha value is -1.51. The van der Waals surface area contributed by atoms with Crippen molar-refractivity contribution in [2.75, 3.05) is 14.2 Å². The van der Waals surface area contributed by atoms with E-state index in [0.29, 0.717) is 0 Å². The van der Waals surface area contributed by atoms with Crippen LogP contribution in [0.3, 0.4) is 0 Å². The zero-order valence-corrected chi connectivity index (χ0v) is 10.6. The molecule has 0 spiro atoms. The SMILES string of the molecule is COc1ccc(OC)c(C2(C(C)=O)CCC2)c1. The van der Waals surface area contributed by atoms with Crippen molar-refractivity contribution in [1.82, 2.24) is 0 Å². The summed E-state index contributed by atoms with van der Waals surface area (Å²) in [5, 5.41) is 0. The highest BCUT2D eigenvalue weighted by Gasteiger charge is 2.45. The van der Waals surface area contributed by atoms with Crippen LogP contribution in [-0.2, 0) is 10.2 Å². The fourth-order valence-corrected chi connectivity index (χ4v) is 2.53. The number of carbonyl (C=O) groups excluding carboxylic acids is 1. The van der Waals surface area contributed by atoms with Gasteiger partial charge >= 0.3 is 0 Å². The average Bonchev–Trinajstić information content (AvgIpc) is 2.27. The predicted molar refractivity (Wildman–Crippen MR) is 65.8 cm³/mol. The van der Waals surface area contributed by atoms with Gasteiger partial charge in [0.1, 0.15) is 17.3 Å². The molecule has 0 atom stereocenters. The van der Waals surface area contributed by atoms with Crippen LogP contribution in [0.4, 0.5) is 0 Å². The Bertz CT molecular complexity index is 433. The maximum absolute atomic E-state index is 11.9. The van der Waals surface area contributed by atoms with E-state index in [1.54, 1.807) is 21.1 Å². The highest BCUT2D eigenvalue weighted by molar-refractivity contribution is 5.90. The van der Waals surface area contributed by atoms with E-state index in [1.165, 1.54) is 0 Å². The summed E-state index contributed by atoms with van der Waals surface area (Å²) in [6.07, 6.45) is 2.91. The quantitative estimate of drug-likeness (QED) is 0.803. The predicted octanol–water partition coefficient (Wildman–Crippen LogP) is 2.71. The minimum atomic E-state index is -0.347. The van der Waals surface area contributed by atoms with E-state index in [1.807, 2.05) is 18.2 Å². The molecule has 92 valence electrons. The van der Waals surface area contributed by atoms with Crippen molar-refractivity contribution in [3.8, 4) is 11.5 Å². The van der Waals surface area contributed by atoms with Crippen molar-refractivity contribution in [2.24, 2.45) is 0 Å². The molecule has 0 unspecified atom stereocenters. The number of ketones is 1. The van der Waals surface area contributed by atoms with Gasteiger partial charge in [0.05, 0.1) is 19.6 Å². The highest BCUT2D eigenvalue weighted by Crippen LogP contribution is 2.48. The minimum absolute atomic E-state index is 0.218. The number of benzene rings is 1. The maximum Gasteiger partial charge on any atom is 0.140 e. The van der Waals surface area contributed by atoms with Crippen molar-refractivity contribution < 1.29 is 14.3 Å². The van der Waals surface area contributed by atoms with E-state index in [9.17, 15) is 4.79 Å². The Morgan fingerprint density at radius 2 is 1.94 bits per heavy atom. The minimum Gasteiger partial charge on any atom is -0.497 e. The summed E-state index contributed by atoms with van der Waals surface area (Å²) < 4.78 is 10.6. The molecule has 1 aliphatic carbocycles. The van der Waals surface area contributed by atoms with Crippen LogP contribution in [-0.4, -0.2) is 20.0 Å². The van der Waals surface area contributed by atoms with Gasteiger partial charge in [-0.15, -0.1) is 0 Å². The van der Waals surface area contributed by atoms with Crippen LogP contribution < -0.4 is 9.47 Å². The molecule has 3 heteroatoms. The van der Waals surface area contributed by atoms with Crippen LogP contribution in [0.15, 0.2) is 18.2 Å². The van der Waals surface area contributed by atoms with Gasteiger partial charge in [0, 0.05) is 5.56 Å². The molecular formula is C14H18O3. The zero-order chi connectivity index (χ0) is 12.5. The summed E-state index contributed by atoms with van der Waals surface area (Å²) in [6.45, 7) is 1.66. The molecule has 0 saturated heterocycles. The van der Waals surface area contributed by atoms with Gasteiger partial charge < -0.3 is 9.47 Å². The van der Waals surface area contributed by atoms with Gasteiger partial charge in [-0.2, -0.15) is 0 Å². The van der Waals surface area contributed by atoms with Crippen molar-refractivity contribution in [2.45, 2.75) is 31.6 Å². The molecule has 1 aromatic rings. The number of hydrogen-bond acceptors (Lipinski definition) is 3. The smallest absolute Gasteiger partial charge is 0.140 e. The first-order chi connectivity index (χ1) is 8.14. The lowest BCUT2D eigenvalue weighted by Crippen LogP contribution is -2.41. The Kier molecular flexibility index (Phi) is 3.09. The van der Waals surface area contributed by atoms with Crippen LogP contribution >= 0.6 is 0 Å². The molecule has 0 radical (unpaired) electrons. The molecule has 0 N–H and O–H groups in total. The van der Waals surface area contributed by atoms with E-state index in [4.69, 9.17) is 9.47 Å². The number of ether oxygens (including phenoxy) is 2. The Balaban J connectivity index is 2.51. The van der Waals surface area contributed by atoms with Crippen LogP contribution in [0.2, 0.25) is 0 Å². The van der Waals surface area contributed by atoms with Gasteiger partial charge in [-0.3, -0.25) is 4.79 Å². The van der Waals surface area contributed by atoms with Gasteiger partial charge in [0.25, 0.3) is 0 Å². The first kappa shape index (κ1) is 12.0. The number of hydrogen-bond donors (Lipinski definition) is 0. The van der Waals surface area contributed by atoms with E-state index in [0.717, 1.165) is 36.3 Å². The molecule has 1 saturated carbocycles. The first-order valence-electron chi connectivity index (χ1n) is 5.87. The third kappa shape index (κ3) is 1.79. The molecule has 0 heterocycles. The summed E-state index contributed by atoms with van der Waals surface area (Å²) in [4.78, 5) is 11.9. The maximum atomic E-state index is 11.9. The summed E-state index contributed by atoms with van der Waals surface area (Å²) in [5.74, 6) is 1.77. The summed E-state index contributed by atoms with van der Waals surface area (Å²) >= 11 is 0. The zero-order valence-electron chi connectivity index (χ0n) is 10.6. The Labute approximate surface area is 102 Å². The second kappa shape index (κ2) is 4.40. The number of rotatable bonds is 4. The van der Waals surface area contributed by atoms with Gasteiger partial charge in [-0.25, -0.2) is 0 Å². The summed E-state index contributed by atoms with van der Waals surface area (Å²) in [7, 11) is 3.27. The lowest BCUT2D eigenvalue weighted by molar-refractivity contribution is -0.125. The molecule has 3 nitrogen and oxygen atoms in total. The molecule has 17 heavy (non-hydrogen) atoms. The van der Waals surface area contributed by atoms with Gasteiger partial charge in [0.15, 0.2) is 0 Å². The van der Waals surface area contributed by atoms with Crippen LogP contribution in [0.1, 0.15) is 31.7 Å². The normalized spacial score (nSPS) is 17.1.